The highest BCUT2D eigenvalue weighted by Gasteiger charge is 2.49. The van der Waals surface area contributed by atoms with Gasteiger partial charge in [-0.3, -0.25) is 4.79 Å². The summed E-state index contributed by atoms with van der Waals surface area (Å²) in [4.78, 5) is 18.2. The van der Waals surface area contributed by atoms with Gasteiger partial charge in [-0.25, -0.2) is 12.8 Å². The smallest absolute Gasteiger partial charge is 0.279 e. The SMILES string of the molecule is O=C(N=C1S[C@H]2CS(=O)(=O)C[C@H]2N1c1ccccc1F)c1ccccc1. The molecule has 0 aliphatic carbocycles. The molecule has 0 unspecified atom stereocenters. The lowest BCUT2D eigenvalue weighted by molar-refractivity contribution is 0.100. The molecule has 0 radical (unpaired) electrons. The van der Waals surface area contributed by atoms with Gasteiger partial charge >= 0.3 is 0 Å². The minimum atomic E-state index is -3.19. The van der Waals surface area contributed by atoms with Crippen LogP contribution < -0.4 is 4.90 Å². The molecule has 8 heteroatoms. The van der Waals surface area contributed by atoms with Crippen LogP contribution in [0.25, 0.3) is 0 Å². The predicted octanol–water partition coefficient (Wildman–Crippen LogP) is 2.74. The number of aliphatic imine (C=N–C) groups is 1. The standard InChI is InChI=1S/C18H15FN2O3S2/c19-13-8-4-5-9-14(13)21-15-10-26(23,24)11-16(15)25-18(21)20-17(22)12-6-2-1-3-7-12/h1-9,15-16H,10-11H2/t15-,16+/m1/s1. The molecule has 2 fully saturated rings. The molecule has 0 saturated carbocycles. The van der Waals surface area contributed by atoms with E-state index in [1.165, 1.54) is 17.8 Å². The van der Waals surface area contributed by atoms with E-state index in [1.54, 1.807) is 53.4 Å². The Bertz CT molecular complexity index is 993. The van der Waals surface area contributed by atoms with Gasteiger partial charge in [0.2, 0.25) is 0 Å². The van der Waals surface area contributed by atoms with Gasteiger partial charge in [0.1, 0.15) is 5.82 Å². The van der Waals surface area contributed by atoms with Crippen LogP contribution in [0.15, 0.2) is 59.6 Å². The molecule has 2 aromatic rings. The van der Waals surface area contributed by atoms with Crippen molar-refractivity contribution >= 4 is 38.4 Å². The van der Waals surface area contributed by atoms with Gasteiger partial charge in [-0.05, 0) is 24.3 Å². The molecule has 4 rings (SSSR count). The third-order valence-electron chi connectivity index (χ3n) is 4.40. The van der Waals surface area contributed by atoms with Gasteiger partial charge in [0.05, 0.1) is 23.2 Å². The van der Waals surface area contributed by atoms with Crippen LogP contribution in [0.3, 0.4) is 0 Å². The van der Waals surface area contributed by atoms with Crippen LogP contribution in [0.4, 0.5) is 10.1 Å². The number of amides is 1. The molecule has 2 aromatic carbocycles. The normalized spacial score (nSPS) is 25.4. The van der Waals surface area contributed by atoms with Crippen molar-refractivity contribution in [3.05, 3.63) is 66.0 Å². The zero-order valence-corrected chi connectivity index (χ0v) is 15.2. The number of sulfone groups is 1. The van der Waals surface area contributed by atoms with E-state index in [1.807, 2.05) is 0 Å². The van der Waals surface area contributed by atoms with Gasteiger partial charge in [0.25, 0.3) is 5.91 Å². The van der Waals surface area contributed by atoms with Crippen LogP contribution in [0.2, 0.25) is 0 Å². The van der Waals surface area contributed by atoms with Crippen molar-refractivity contribution in [3.63, 3.8) is 0 Å². The van der Waals surface area contributed by atoms with Gasteiger partial charge in [0, 0.05) is 10.8 Å². The molecular weight excluding hydrogens is 375 g/mol. The quantitative estimate of drug-likeness (QED) is 0.789. The molecule has 0 spiro atoms. The van der Waals surface area contributed by atoms with Crippen LogP contribution in [0, 0.1) is 5.82 Å². The molecule has 2 heterocycles. The van der Waals surface area contributed by atoms with Crippen molar-refractivity contribution in [2.24, 2.45) is 4.99 Å². The summed E-state index contributed by atoms with van der Waals surface area (Å²) < 4.78 is 38.4. The van der Waals surface area contributed by atoms with Crippen LogP contribution in [0.5, 0.6) is 0 Å². The summed E-state index contributed by atoms with van der Waals surface area (Å²) in [6, 6.07) is 14.3. The van der Waals surface area contributed by atoms with Crippen molar-refractivity contribution in [1.29, 1.82) is 0 Å². The highest BCUT2D eigenvalue weighted by atomic mass is 32.2. The number of carbonyl (C=O) groups is 1. The third-order valence-corrected chi connectivity index (χ3v) is 7.61. The molecule has 134 valence electrons. The Balaban J connectivity index is 1.75. The minimum absolute atomic E-state index is 0.00579. The summed E-state index contributed by atoms with van der Waals surface area (Å²) in [5.74, 6) is -0.973. The van der Waals surface area contributed by atoms with E-state index in [2.05, 4.69) is 4.99 Å². The monoisotopic (exact) mass is 390 g/mol. The number of anilines is 1. The largest absolute Gasteiger partial charge is 0.313 e. The Kier molecular flexibility index (Phi) is 4.32. The Labute approximate surface area is 154 Å². The first kappa shape index (κ1) is 17.2. The number of thioether (sulfide) groups is 1. The molecule has 1 amide bonds. The number of rotatable bonds is 2. The lowest BCUT2D eigenvalue weighted by Crippen LogP contribution is -2.38. The number of benzene rings is 2. The lowest BCUT2D eigenvalue weighted by atomic mass is 10.2. The van der Waals surface area contributed by atoms with Gasteiger partial charge in [-0.1, -0.05) is 42.1 Å². The molecule has 2 saturated heterocycles. The first-order chi connectivity index (χ1) is 12.4. The van der Waals surface area contributed by atoms with Crippen molar-refractivity contribution < 1.29 is 17.6 Å². The topological polar surface area (TPSA) is 66.8 Å². The molecule has 2 atom stereocenters. The van der Waals surface area contributed by atoms with Crippen molar-refractivity contribution in [2.75, 3.05) is 16.4 Å². The van der Waals surface area contributed by atoms with Crippen molar-refractivity contribution in [1.82, 2.24) is 0 Å². The molecule has 0 N–H and O–H groups in total. The maximum atomic E-state index is 14.4. The molecule has 26 heavy (non-hydrogen) atoms. The van der Waals surface area contributed by atoms with Gasteiger partial charge in [-0.15, -0.1) is 0 Å². The van der Waals surface area contributed by atoms with E-state index >= 15 is 0 Å². The fraction of sp³-hybridized carbons (Fsp3) is 0.222. The average molecular weight is 390 g/mol. The fourth-order valence-corrected chi connectivity index (χ4v) is 7.13. The van der Waals surface area contributed by atoms with Gasteiger partial charge in [0.15, 0.2) is 15.0 Å². The zero-order valence-electron chi connectivity index (χ0n) is 13.6. The van der Waals surface area contributed by atoms with Crippen molar-refractivity contribution in [3.8, 4) is 0 Å². The predicted molar refractivity (Wildman–Crippen MR) is 101 cm³/mol. The molecule has 0 aromatic heterocycles. The highest BCUT2D eigenvalue weighted by molar-refractivity contribution is 8.16. The summed E-state index contributed by atoms with van der Waals surface area (Å²) in [7, 11) is -3.19. The van der Waals surface area contributed by atoms with E-state index < -0.39 is 27.6 Å². The number of nitrogens with zero attached hydrogens (tertiary/aromatic N) is 2. The number of fused-ring (bicyclic) bond motifs is 1. The zero-order chi connectivity index (χ0) is 18.3. The maximum absolute atomic E-state index is 14.4. The van der Waals surface area contributed by atoms with Gasteiger partial charge < -0.3 is 4.90 Å². The lowest BCUT2D eigenvalue weighted by Gasteiger charge is -2.24. The molecule has 2 aliphatic heterocycles. The number of hydrogen-bond donors (Lipinski definition) is 0. The van der Waals surface area contributed by atoms with E-state index in [9.17, 15) is 17.6 Å². The molecule has 2 aliphatic rings. The number of hydrogen-bond acceptors (Lipinski definition) is 4. The molecule has 5 nitrogen and oxygen atoms in total. The summed E-state index contributed by atoms with van der Waals surface area (Å²) >= 11 is 1.23. The summed E-state index contributed by atoms with van der Waals surface area (Å²) in [5.41, 5.74) is 0.669. The number of halogens is 1. The van der Waals surface area contributed by atoms with Crippen LogP contribution in [0.1, 0.15) is 10.4 Å². The Morgan fingerprint density at radius 1 is 1.08 bits per heavy atom. The van der Waals surface area contributed by atoms with E-state index in [4.69, 9.17) is 0 Å². The second kappa shape index (κ2) is 6.51. The Morgan fingerprint density at radius 2 is 1.77 bits per heavy atom. The van der Waals surface area contributed by atoms with E-state index in [-0.39, 0.29) is 22.4 Å². The maximum Gasteiger partial charge on any atom is 0.279 e. The third kappa shape index (κ3) is 3.14. The van der Waals surface area contributed by atoms with Gasteiger partial charge in [-0.2, -0.15) is 4.99 Å². The number of carbonyl (C=O) groups excluding carboxylic acids is 1. The first-order valence-electron chi connectivity index (χ1n) is 8.03. The summed E-state index contributed by atoms with van der Waals surface area (Å²) in [6.07, 6.45) is 0. The average Bonchev–Trinajstić information content (AvgIpc) is 3.07. The highest BCUT2D eigenvalue weighted by Crippen LogP contribution is 2.41. The van der Waals surface area contributed by atoms with Crippen LogP contribution in [-0.4, -0.2) is 42.3 Å². The first-order valence-corrected chi connectivity index (χ1v) is 10.7. The minimum Gasteiger partial charge on any atom is -0.313 e. The summed E-state index contributed by atoms with van der Waals surface area (Å²) in [5, 5.41) is 0.0794. The Morgan fingerprint density at radius 3 is 2.50 bits per heavy atom. The fourth-order valence-electron chi connectivity index (χ4n) is 3.23. The van der Waals surface area contributed by atoms with Crippen molar-refractivity contribution in [2.45, 2.75) is 11.3 Å². The number of para-hydroxylation sites is 1. The van der Waals surface area contributed by atoms with E-state index in [0.717, 1.165) is 0 Å². The molecule has 0 bridgehead atoms. The summed E-state index contributed by atoms with van der Waals surface area (Å²) in [6.45, 7) is 0. The van der Waals surface area contributed by atoms with E-state index in [0.29, 0.717) is 10.7 Å². The second-order valence-electron chi connectivity index (χ2n) is 6.19. The second-order valence-corrected chi connectivity index (χ2v) is 9.55. The van der Waals surface area contributed by atoms with Crippen LogP contribution >= 0.6 is 11.8 Å². The molecular formula is C18H15FN2O3S2. The van der Waals surface area contributed by atoms with Crippen LogP contribution in [-0.2, 0) is 9.84 Å². The Hall–Kier alpha value is -2.19. The number of amidine groups is 1.